The number of carbonyl (C=O) groups is 2. The number of furan rings is 1. The lowest BCUT2D eigenvalue weighted by Crippen LogP contribution is -2.28. The fourth-order valence-corrected chi connectivity index (χ4v) is 2.88. The highest BCUT2D eigenvalue weighted by atomic mass is 32.1. The van der Waals surface area contributed by atoms with E-state index >= 15 is 0 Å². The van der Waals surface area contributed by atoms with E-state index in [9.17, 15) is 9.59 Å². The highest BCUT2D eigenvalue weighted by molar-refractivity contribution is 7.13. The molecular weight excluding hydrogens is 354 g/mol. The Hall–Kier alpha value is -3.13. The molecule has 0 atom stereocenters. The zero-order chi connectivity index (χ0) is 18.4. The third-order valence-electron chi connectivity index (χ3n) is 3.32. The minimum atomic E-state index is -0.310. The number of anilines is 1. The molecule has 1 aromatic carbocycles. The number of benzene rings is 1. The third-order valence-corrected chi connectivity index (χ3v) is 4.18. The standard InChI is InChI=1S/C18H17N3O4S/c1-2-19-16(22)10-25-13-7-5-12(6-8-13)20-17(23)14-11-26-18(21-14)15-4-3-9-24-15/h3-9,11H,2,10H2,1H3,(H,19,22)(H,20,23). The fraction of sp³-hybridized carbons (Fsp3) is 0.167. The molecule has 3 rings (SSSR count). The molecule has 2 amide bonds. The van der Waals surface area contributed by atoms with Crippen LogP contribution in [0.15, 0.2) is 52.5 Å². The monoisotopic (exact) mass is 371 g/mol. The first kappa shape index (κ1) is 17.7. The Morgan fingerprint density at radius 2 is 2.04 bits per heavy atom. The van der Waals surface area contributed by atoms with Crippen molar-refractivity contribution in [3.63, 3.8) is 0 Å². The number of ether oxygens (including phenoxy) is 1. The summed E-state index contributed by atoms with van der Waals surface area (Å²) in [6.07, 6.45) is 1.56. The van der Waals surface area contributed by atoms with E-state index in [0.29, 0.717) is 34.4 Å². The van der Waals surface area contributed by atoms with E-state index < -0.39 is 0 Å². The van der Waals surface area contributed by atoms with Crippen LogP contribution in [0.3, 0.4) is 0 Å². The maximum Gasteiger partial charge on any atom is 0.275 e. The number of hydrogen-bond acceptors (Lipinski definition) is 6. The summed E-state index contributed by atoms with van der Waals surface area (Å²) >= 11 is 1.34. The topological polar surface area (TPSA) is 93.5 Å². The van der Waals surface area contributed by atoms with Crippen LogP contribution < -0.4 is 15.4 Å². The van der Waals surface area contributed by atoms with Crippen LogP contribution in [0.2, 0.25) is 0 Å². The van der Waals surface area contributed by atoms with Gasteiger partial charge >= 0.3 is 0 Å². The lowest BCUT2D eigenvalue weighted by molar-refractivity contribution is -0.122. The second-order valence-electron chi connectivity index (χ2n) is 5.24. The molecular formula is C18H17N3O4S. The number of hydrogen-bond donors (Lipinski definition) is 2. The number of amides is 2. The lowest BCUT2D eigenvalue weighted by atomic mass is 10.3. The van der Waals surface area contributed by atoms with Gasteiger partial charge < -0.3 is 19.8 Å². The SMILES string of the molecule is CCNC(=O)COc1ccc(NC(=O)c2csc(-c3ccco3)n2)cc1. The maximum absolute atomic E-state index is 12.3. The molecule has 0 aliphatic carbocycles. The van der Waals surface area contributed by atoms with Gasteiger partial charge in [0.2, 0.25) is 0 Å². The molecule has 2 N–H and O–H groups in total. The maximum atomic E-state index is 12.3. The van der Waals surface area contributed by atoms with Crippen molar-refractivity contribution in [2.75, 3.05) is 18.5 Å². The van der Waals surface area contributed by atoms with Gasteiger partial charge in [0.1, 0.15) is 11.4 Å². The summed E-state index contributed by atoms with van der Waals surface area (Å²) in [6.45, 7) is 2.36. The molecule has 0 unspecified atom stereocenters. The Kier molecular flexibility index (Phi) is 5.65. The van der Waals surface area contributed by atoms with Gasteiger partial charge in [0.15, 0.2) is 17.4 Å². The molecule has 2 heterocycles. The Bertz CT molecular complexity index is 872. The van der Waals surface area contributed by atoms with E-state index in [2.05, 4.69) is 15.6 Å². The first-order valence-electron chi connectivity index (χ1n) is 7.96. The van der Waals surface area contributed by atoms with E-state index in [1.165, 1.54) is 11.3 Å². The average molecular weight is 371 g/mol. The van der Waals surface area contributed by atoms with Crippen LogP contribution in [0.4, 0.5) is 5.69 Å². The van der Waals surface area contributed by atoms with Gasteiger partial charge in [-0.3, -0.25) is 9.59 Å². The first-order chi connectivity index (χ1) is 12.7. The Balaban J connectivity index is 1.57. The average Bonchev–Trinajstić information content (AvgIpc) is 3.32. The van der Waals surface area contributed by atoms with Crippen molar-refractivity contribution in [2.24, 2.45) is 0 Å². The van der Waals surface area contributed by atoms with Crippen molar-refractivity contribution in [1.29, 1.82) is 0 Å². The Morgan fingerprint density at radius 3 is 2.73 bits per heavy atom. The van der Waals surface area contributed by atoms with Gasteiger partial charge in [-0.1, -0.05) is 0 Å². The van der Waals surface area contributed by atoms with E-state index in [0.717, 1.165) is 0 Å². The number of rotatable bonds is 7. The zero-order valence-corrected chi connectivity index (χ0v) is 14.8. The normalized spacial score (nSPS) is 10.3. The minimum absolute atomic E-state index is 0.0477. The number of thiazole rings is 1. The van der Waals surface area contributed by atoms with Gasteiger partial charge in [-0.15, -0.1) is 11.3 Å². The molecule has 3 aromatic rings. The van der Waals surface area contributed by atoms with Crippen molar-refractivity contribution < 1.29 is 18.7 Å². The molecule has 0 fully saturated rings. The number of likely N-dealkylation sites (N-methyl/N-ethyl adjacent to an activating group) is 1. The number of carbonyl (C=O) groups excluding carboxylic acids is 2. The molecule has 0 aliphatic heterocycles. The second-order valence-corrected chi connectivity index (χ2v) is 6.09. The summed E-state index contributed by atoms with van der Waals surface area (Å²) < 4.78 is 10.6. The van der Waals surface area contributed by atoms with Crippen LogP contribution in [0.1, 0.15) is 17.4 Å². The Labute approximate surface area is 154 Å². The van der Waals surface area contributed by atoms with E-state index in [-0.39, 0.29) is 18.4 Å². The zero-order valence-electron chi connectivity index (χ0n) is 14.0. The van der Waals surface area contributed by atoms with Gasteiger partial charge in [0.05, 0.1) is 6.26 Å². The lowest BCUT2D eigenvalue weighted by Gasteiger charge is -2.07. The molecule has 134 valence electrons. The van der Waals surface area contributed by atoms with Crippen LogP contribution in [-0.2, 0) is 4.79 Å². The van der Waals surface area contributed by atoms with Crippen molar-refractivity contribution in [3.8, 4) is 16.5 Å². The van der Waals surface area contributed by atoms with Gasteiger partial charge in [-0.05, 0) is 43.3 Å². The van der Waals surface area contributed by atoms with Crippen LogP contribution in [0.25, 0.3) is 10.8 Å². The molecule has 0 bridgehead atoms. The van der Waals surface area contributed by atoms with E-state index in [4.69, 9.17) is 9.15 Å². The van der Waals surface area contributed by atoms with Crippen LogP contribution in [0, 0.1) is 0 Å². The molecule has 2 aromatic heterocycles. The molecule has 7 nitrogen and oxygen atoms in total. The highest BCUT2D eigenvalue weighted by Gasteiger charge is 2.13. The molecule has 0 radical (unpaired) electrons. The summed E-state index contributed by atoms with van der Waals surface area (Å²) in [6, 6.07) is 10.3. The Morgan fingerprint density at radius 1 is 1.23 bits per heavy atom. The number of nitrogens with one attached hydrogen (secondary N) is 2. The van der Waals surface area contributed by atoms with E-state index in [1.807, 2.05) is 6.92 Å². The summed E-state index contributed by atoms with van der Waals surface area (Å²) in [7, 11) is 0. The van der Waals surface area contributed by atoms with Crippen LogP contribution in [-0.4, -0.2) is 29.9 Å². The summed E-state index contributed by atoms with van der Waals surface area (Å²) in [5.41, 5.74) is 0.922. The summed E-state index contributed by atoms with van der Waals surface area (Å²) in [5, 5.41) is 7.74. The van der Waals surface area contributed by atoms with E-state index in [1.54, 1.807) is 48.0 Å². The van der Waals surface area contributed by atoms with Crippen molar-refractivity contribution in [2.45, 2.75) is 6.92 Å². The van der Waals surface area contributed by atoms with Gasteiger partial charge in [0, 0.05) is 17.6 Å². The van der Waals surface area contributed by atoms with Crippen molar-refractivity contribution in [1.82, 2.24) is 10.3 Å². The van der Waals surface area contributed by atoms with Crippen molar-refractivity contribution in [3.05, 3.63) is 53.7 Å². The fourth-order valence-electron chi connectivity index (χ4n) is 2.12. The first-order valence-corrected chi connectivity index (χ1v) is 8.84. The predicted molar refractivity (Wildman–Crippen MR) is 98.4 cm³/mol. The summed E-state index contributed by atoms with van der Waals surface area (Å²) in [4.78, 5) is 27.9. The molecule has 0 saturated carbocycles. The van der Waals surface area contributed by atoms with Gasteiger partial charge in [0.25, 0.3) is 11.8 Å². The van der Waals surface area contributed by atoms with Crippen LogP contribution >= 0.6 is 11.3 Å². The van der Waals surface area contributed by atoms with Gasteiger partial charge in [-0.25, -0.2) is 4.98 Å². The highest BCUT2D eigenvalue weighted by Crippen LogP contribution is 2.24. The molecule has 0 aliphatic rings. The third kappa shape index (κ3) is 4.48. The smallest absolute Gasteiger partial charge is 0.275 e. The van der Waals surface area contributed by atoms with Gasteiger partial charge in [-0.2, -0.15) is 0 Å². The largest absolute Gasteiger partial charge is 0.484 e. The summed E-state index contributed by atoms with van der Waals surface area (Å²) in [5.74, 6) is 0.682. The second kappa shape index (κ2) is 8.30. The molecule has 0 saturated heterocycles. The van der Waals surface area contributed by atoms with Crippen LogP contribution in [0.5, 0.6) is 5.75 Å². The minimum Gasteiger partial charge on any atom is -0.484 e. The number of nitrogens with zero attached hydrogens (tertiary/aromatic N) is 1. The molecule has 26 heavy (non-hydrogen) atoms. The van der Waals surface area contributed by atoms with Crippen molar-refractivity contribution >= 4 is 28.8 Å². The predicted octanol–water partition coefficient (Wildman–Crippen LogP) is 3.17. The molecule has 8 heteroatoms. The molecule has 0 spiro atoms. The quantitative estimate of drug-likeness (QED) is 0.665. The number of aromatic nitrogens is 1.